The minimum atomic E-state index is -1.08. The summed E-state index contributed by atoms with van der Waals surface area (Å²) in [6.07, 6.45) is -1.76. The molecule has 0 radical (unpaired) electrons. The Balaban J connectivity index is 2.57. The number of amides is 1. The highest BCUT2D eigenvalue weighted by atomic mass is 16.3. The van der Waals surface area contributed by atoms with E-state index in [9.17, 15) is 4.79 Å². The maximum Gasteiger partial charge on any atom is 0.242 e. The molecule has 3 unspecified atom stereocenters. The maximum atomic E-state index is 10.7. The number of aliphatic hydroxyl groups is 1. The van der Waals surface area contributed by atoms with Crippen LogP contribution in [0.1, 0.15) is 0 Å². The van der Waals surface area contributed by atoms with Gasteiger partial charge < -0.3 is 21.9 Å². The van der Waals surface area contributed by atoms with Crippen molar-refractivity contribution in [3.63, 3.8) is 0 Å². The Hall–Kier alpha value is -0.690. The first-order chi connectivity index (χ1) is 4.61. The van der Waals surface area contributed by atoms with Gasteiger partial charge in [0.2, 0.25) is 5.91 Å². The summed E-state index contributed by atoms with van der Waals surface area (Å²) < 4.78 is 0. The number of rotatable bonds is 0. The van der Waals surface area contributed by atoms with Crippen molar-refractivity contribution in [3.8, 4) is 0 Å². The molecule has 1 aliphatic heterocycles. The number of carbonyl (C=O) groups is 1. The third kappa shape index (κ3) is 1.24. The number of carbonyl (C=O) groups excluding carboxylic acids is 1. The van der Waals surface area contributed by atoms with Gasteiger partial charge in [0.1, 0.15) is 6.04 Å². The van der Waals surface area contributed by atoms with E-state index in [0.29, 0.717) is 0 Å². The topological polar surface area (TPSA) is 113 Å². The lowest BCUT2D eigenvalue weighted by atomic mass is 10.2. The Bertz CT molecular complexity index is 150. The van der Waals surface area contributed by atoms with Gasteiger partial charge >= 0.3 is 0 Å². The van der Waals surface area contributed by atoms with E-state index in [1.807, 2.05) is 0 Å². The highest BCUT2D eigenvalue weighted by molar-refractivity contribution is 5.83. The van der Waals surface area contributed by atoms with Crippen LogP contribution >= 0.6 is 0 Å². The van der Waals surface area contributed by atoms with Crippen molar-refractivity contribution >= 4 is 5.91 Å². The number of nitrogens with one attached hydrogen (secondary N) is 2. The molecule has 6 nitrogen and oxygen atoms in total. The van der Waals surface area contributed by atoms with Crippen LogP contribution in [-0.4, -0.2) is 29.6 Å². The molecule has 1 amide bonds. The second-order valence-corrected chi connectivity index (χ2v) is 2.13. The first-order valence-electron chi connectivity index (χ1n) is 2.87. The summed E-state index contributed by atoms with van der Waals surface area (Å²) >= 11 is 0. The quantitative estimate of drug-likeness (QED) is 0.244. The normalized spacial score (nSPS) is 41.1. The van der Waals surface area contributed by atoms with E-state index in [0.717, 1.165) is 0 Å². The molecule has 1 fully saturated rings. The fourth-order valence-corrected chi connectivity index (χ4v) is 0.722. The second kappa shape index (κ2) is 2.51. The van der Waals surface area contributed by atoms with E-state index in [2.05, 4.69) is 10.6 Å². The van der Waals surface area contributed by atoms with E-state index in [-0.39, 0.29) is 0 Å². The summed E-state index contributed by atoms with van der Waals surface area (Å²) in [4.78, 5) is 10.7. The molecule has 10 heavy (non-hydrogen) atoms. The van der Waals surface area contributed by atoms with Crippen LogP contribution in [-0.2, 0) is 4.79 Å². The molecule has 1 saturated heterocycles. The zero-order valence-corrected chi connectivity index (χ0v) is 5.24. The minimum Gasteiger partial charge on any atom is -0.361 e. The van der Waals surface area contributed by atoms with Crippen molar-refractivity contribution in [2.75, 3.05) is 0 Å². The molecule has 1 heterocycles. The smallest absolute Gasteiger partial charge is 0.242 e. The lowest BCUT2D eigenvalue weighted by molar-refractivity contribution is -0.130. The first kappa shape index (κ1) is 7.42. The Kier molecular flexibility index (Phi) is 1.86. The molecular weight excluding hydrogens is 136 g/mol. The molecule has 0 spiro atoms. The van der Waals surface area contributed by atoms with Crippen LogP contribution in [0.25, 0.3) is 0 Å². The van der Waals surface area contributed by atoms with Gasteiger partial charge in [0, 0.05) is 0 Å². The maximum absolute atomic E-state index is 10.7. The average Bonchev–Trinajstić information content (AvgIpc) is 1.82. The zero-order valence-electron chi connectivity index (χ0n) is 5.24. The molecular formula is C4H10N4O2. The Morgan fingerprint density at radius 1 is 1.50 bits per heavy atom. The van der Waals surface area contributed by atoms with Crippen LogP contribution in [0.3, 0.4) is 0 Å². The molecule has 3 atom stereocenters. The number of nitrogens with two attached hydrogens (primary N) is 2. The van der Waals surface area contributed by atoms with Gasteiger partial charge in [-0.05, 0) is 0 Å². The van der Waals surface area contributed by atoms with E-state index in [1.54, 1.807) is 0 Å². The lowest BCUT2D eigenvalue weighted by Gasteiger charge is -2.30. The molecule has 0 bridgehead atoms. The van der Waals surface area contributed by atoms with Gasteiger partial charge in [0.05, 0.1) is 6.17 Å². The third-order valence-electron chi connectivity index (χ3n) is 1.32. The van der Waals surface area contributed by atoms with Crippen molar-refractivity contribution in [1.82, 2.24) is 10.6 Å². The average molecular weight is 146 g/mol. The minimum absolute atomic E-state index is 0.446. The van der Waals surface area contributed by atoms with Gasteiger partial charge in [-0.15, -0.1) is 0 Å². The fourth-order valence-electron chi connectivity index (χ4n) is 0.722. The monoisotopic (exact) mass is 146 g/mol. The van der Waals surface area contributed by atoms with Crippen molar-refractivity contribution in [2.45, 2.75) is 18.6 Å². The van der Waals surface area contributed by atoms with Crippen LogP contribution < -0.4 is 22.1 Å². The predicted molar refractivity (Wildman–Crippen MR) is 33.2 cm³/mol. The molecule has 7 N–H and O–H groups in total. The molecule has 6 heteroatoms. The summed E-state index contributed by atoms with van der Waals surface area (Å²) in [5.74, 6) is -0.446. The standard InChI is InChI=1S/C4H10N4O2/c5-1-2(6)7-4(10)8-3(1)9/h1-2,4,7,10H,5-6H2,(H,8,9). The number of hydrogen-bond acceptors (Lipinski definition) is 5. The van der Waals surface area contributed by atoms with Crippen molar-refractivity contribution in [2.24, 2.45) is 11.5 Å². The van der Waals surface area contributed by atoms with Gasteiger partial charge in [-0.25, -0.2) is 0 Å². The van der Waals surface area contributed by atoms with E-state index in [4.69, 9.17) is 16.6 Å². The van der Waals surface area contributed by atoms with E-state index >= 15 is 0 Å². The number of aliphatic hydroxyl groups excluding tert-OH is 1. The summed E-state index contributed by atoms with van der Waals surface area (Å²) in [6.45, 7) is 0. The van der Waals surface area contributed by atoms with Crippen LogP contribution in [0.4, 0.5) is 0 Å². The summed E-state index contributed by atoms with van der Waals surface area (Å²) in [7, 11) is 0. The largest absolute Gasteiger partial charge is 0.361 e. The van der Waals surface area contributed by atoms with Gasteiger partial charge in [0.25, 0.3) is 0 Å². The van der Waals surface area contributed by atoms with Crippen molar-refractivity contribution in [1.29, 1.82) is 0 Å². The van der Waals surface area contributed by atoms with Crippen LogP contribution in [0.5, 0.6) is 0 Å². The molecule has 1 rings (SSSR count). The summed E-state index contributed by atoms with van der Waals surface area (Å²) in [5, 5.41) is 13.4. The Morgan fingerprint density at radius 3 is 2.60 bits per heavy atom. The molecule has 0 aromatic heterocycles. The third-order valence-corrected chi connectivity index (χ3v) is 1.32. The van der Waals surface area contributed by atoms with Gasteiger partial charge in [-0.1, -0.05) is 0 Å². The fraction of sp³-hybridized carbons (Fsp3) is 0.750. The zero-order chi connectivity index (χ0) is 7.72. The van der Waals surface area contributed by atoms with E-state index in [1.165, 1.54) is 0 Å². The second-order valence-electron chi connectivity index (χ2n) is 2.13. The first-order valence-corrected chi connectivity index (χ1v) is 2.87. The van der Waals surface area contributed by atoms with Crippen LogP contribution in [0.2, 0.25) is 0 Å². The van der Waals surface area contributed by atoms with Crippen LogP contribution in [0.15, 0.2) is 0 Å². The SMILES string of the molecule is NC1NC(O)NC(=O)C1N. The van der Waals surface area contributed by atoms with Gasteiger partial charge in [-0.2, -0.15) is 0 Å². The molecule has 0 aromatic rings. The Labute approximate surface area is 57.6 Å². The van der Waals surface area contributed by atoms with E-state index < -0.39 is 24.5 Å². The highest BCUT2D eigenvalue weighted by Gasteiger charge is 2.29. The predicted octanol–water partition coefficient (Wildman–Crippen LogP) is -3.41. The van der Waals surface area contributed by atoms with Gasteiger partial charge in [0.15, 0.2) is 6.35 Å². The van der Waals surface area contributed by atoms with Crippen molar-refractivity contribution in [3.05, 3.63) is 0 Å². The van der Waals surface area contributed by atoms with Crippen LogP contribution in [0, 0.1) is 0 Å². The summed E-state index contributed by atoms with van der Waals surface area (Å²) in [6, 6.07) is -0.789. The lowest BCUT2D eigenvalue weighted by Crippen LogP contribution is -2.69. The summed E-state index contributed by atoms with van der Waals surface area (Å²) in [5.41, 5.74) is 10.6. The van der Waals surface area contributed by atoms with Gasteiger partial charge in [-0.3, -0.25) is 10.1 Å². The molecule has 1 aliphatic rings. The molecule has 0 aromatic carbocycles. The Morgan fingerprint density at radius 2 is 2.10 bits per heavy atom. The number of hydrogen-bond donors (Lipinski definition) is 5. The molecule has 0 aliphatic carbocycles. The highest BCUT2D eigenvalue weighted by Crippen LogP contribution is 1.91. The van der Waals surface area contributed by atoms with Crippen molar-refractivity contribution < 1.29 is 9.90 Å². The molecule has 58 valence electrons. The molecule has 0 saturated carbocycles.